The van der Waals surface area contributed by atoms with Crippen LogP contribution in [0.3, 0.4) is 0 Å². The zero-order chi connectivity index (χ0) is 21.3. The van der Waals surface area contributed by atoms with Crippen LogP contribution in [0.15, 0.2) is 48.5 Å². The van der Waals surface area contributed by atoms with Gasteiger partial charge in [0.25, 0.3) is 5.91 Å². The van der Waals surface area contributed by atoms with E-state index in [-0.39, 0.29) is 0 Å². The number of nitrogens with zero attached hydrogens (tertiary/aromatic N) is 4. The standard InChI is InChI=1S/C21H17F2N5OS/c1-3-17-14(11-18(30-17)20-25-27-28(2)26-20)12-7-9-13(10-8-12)24-21(29)19-15(22)5-4-6-16(19)23/h4-11H,3H2,1-2H3,(H,24,29). The number of thiophene rings is 1. The molecule has 2 aromatic carbocycles. The van der Waals surface area contributed by atoms with Gasteiger partial charge in [-0.15, -0.1) is 21.5 Å². The van der Waals surface area contributed by atoms with Gasteiger partial charge in [0.1, 0.15) is 17.2 Å². The predicted octanol–water partition coefficient (Wildman–Crippen LogP) is 4.70. The summed E-state index contributed by atoms with van der Waals surface area (Å²) in [6, 6.07) is 12.4. The van der Waals surface area contributed by atoms with E-state index in [0.29, 0.717) is 11.5 Å². The molecule has 0 fully saturated rings. The van der Waals surface area contributed by atoms with Gasteiger partial charge < -0.3 is 5.32 Å². The molecule has 6 nitrogen and oxygen atoms in total. The highest BCUT2D eigenvalue weighted by Crippen LogP contribution is 2.36. The third-order valence-electron chi connectivity index (χ3n) is 4.50. The van der Waals surface area contributed by atoms with Crippen LogP contribution in [-0.4, -0.2) is 26.1 Å². The molecule has 2 aromatic heterocycles. The summed E-state index contributed by atoms with van der Waals surface area (Å²) in [6.45, 7) is 2.07. The van der Waals surface area contributed by atoms with Crippen molar-refractivity contribution in [1.82, 2.24) is 20.2 Å². The molecule has 0 aliphatic carbocycles. The topological polar surface area (TPSA) is 72.7 Å². The van der Waals surface area contributed by atoms with Gasteiger partial charge in [0.15, 0.2) is 0 Å². The molecular weight excluding hydrogens is 408 g/mol. The first-order chi connectivity index (χ1) is 14.5. The molecule has 9 heteroatoms. The van der Waals surface area contributed by atoms with Gasteiger partial charge in [-0.05, 0) is 53.1 Å². The Labute approximate surface area is 175 Å². The smallest absolute Gasteiger partial charge is 0.261 e. The van der Waals surface area contributed by atoms with Crippen LogP contribution in [0.2, 0.25) is 0 Å². The lowest BCUT2D eigenvalue weighted by Gasteiger charge is -2.08. The van der Waals surface area contributed by atoms with Crippen LogP contribution >= 0.6 is 11.3 Å². The molecule has 1 amide bonds. The van der Waals surface area contributed by atoms with Crippen molar-refractivity contribution in [2.45, 2.75) is 13.3 Å². The molecule has 1 N–H and O–H groups in total. The number of hydrogen-bond donors (Lipinski definition) is 1. The number of rotatable bonds is 5. The van der Waals surface area contributed by atoms with E-state index in [2.05, 4.69) is 27.7 Å². The Morgan fingerprint density at radius 2 is 1.83 bits per heavy atom. The number of benzene rings is 2. The van der Waals surface area contributed by atoms with Crippen LogP contribution in [0.1, 0.15) is 22.2 Å². The minimum atomic E-state index is -0.903. The molecular formula is C21H17F2N5OS. The summed E-state index contributed by atoms with van der Waals surface area (Å²) in [4.78, 5) is 15.8. The third-order valence-corrected chi connectivity index (χ3v) is 5.78. The summed E-state index contributed by atoms with van der Waals surface area (Å²) in [6.07, 6.45) is 0.839. The van der Waals surface area contributed by atoms with Gasteiger partial charge in [0, 0.05) is 10.6 Å². The molecule has 2 heterocycles. The summed E-state index contributed by atoms with van der Waals surface area (Å²) in [5, 5.41) is 14.7. The summed E-state index contributed by atoms with van der Waals surface area (Å²) in [5.74, 6) is -2.07. The molecule has 4 aromatic rings. The molecule has 0 bridgehead atoms. The summed E-state index contributed by atoms with van der Waals surface area (Å²) >= 11 is 1.60. The molecule has 0 saturated heterocycles. The average Bonchev–Trinajstić information content (AvgIpc) is 3.34. The fourth-order valence-corrected chi connectivity index (χ4v) is 4.12. The lowest BCUT2D eigenvalue weighted by Crippen LogP contribution is -2.15. The Balaban J connectivity index is 1.58. The van der Waals surface area contributed by atoms with Gasteiger partial charge in [-0.1, -0.05) is 25.1 Å². The second-order valence-electron chi connectivity index (χ2n) is 6.53. The number of anilines is 1. The van der Waals surface area contributed by atoms with E-state index >= 15 is 0 Å². The van der Waals surface area contributed by atoms with Crippen molar-refractivity contribution >= 4 is 22.9 Å². The van der Waals surface area contributed by atoms with Gasteiger partial charge in [-0.25, -0.2) is 8.78 Å². The van der Waals surface area contributed by atoms with E-state index in [1.807, 2.05) is 18.2 Å². The monoisotopic (exact) mass is 425 g/mol. The first kappa shape index (κ1) is 19.8. The molecule has 152 valence electrons. The van der Waals surface area contributed by atoms with E-state index < -0.39 is 23.1 Å². The number of carbonyl (C=O) groups is 1. The molecule has 0 aliphatic heterocycles. The highest BCUT2D eigenvalue weighted by Gasteiger charge is 2.18. The maximum atomic E-state index is 13.8. The van der Waals surface area contributed by atoms with Crippen molar-refractivity contribution in [3.63, 3.8) is 0 Å². The molecule has 0 atom stereocenters. The number of aryl methyl sites for hydroxylation is 2. The van der Waals surface area contributed by atoms with Crippen LogP contribution in [0, 0.1) is 11.6 Å². The number of hydrogen-bond acceptors (Lipinski definition) is 5. The zero-order valence-electron chi connectivity index (χ0n) is 16.2. The first-order valence-corrected chi connectivity index (χ1v) is 10.0. The Kier molecular flexibility index (Phi) is 5.37. The van der Waals surface area contributed by atoms with Crippen molar-refractivity contribution in [2.75, 3.05) is 5.32 Å². The summed E-state index contributed by atoms with van der Waals surface area (Å²) in [7, 11) is 1.71. The average molecular weight is 425 g/mol. The molecule has 0 spiro atoms. The molecule has 0 aliphatic rings. The molecule has 0 saturated carbocycles. The third kappa shape index (κ3) is 3.84. The number of halogens is 2. The number of tetrazole rings is 1. The SMILES string of the molecule is CCc1sc(-c2nnn(C)n2)cc1-c1ccc(NC(=O)c2c(F)cccc2F)cc1. The Bertz CT molecular complexity index is 1200. The first-order valence-electron chi connectivity index (χ1n) is 9.19. The zero-order valence-corrected chi connectivity index (χ0v) is 17.0. The van der Waals surface area contributed by atoms with Crippen molar-refractivity contribution in [3.05, 3.63) is 70.6 Å². The van der Waals surface area contributed by atoms with Crippen LogP contribution in [0.4, 0.5) is 14.5 Å². The lowest BCUT2D eigenvalue weighted by molar-refractivity contribution is 0.101. The summed E-state index contributed by atoms with van der Waals surface area (Å²) in [5.41, 5.74) is 1.83. The molecule has 30 heavy (non-hydrogen) atoms. The van der Waals surface area contributed by atoms with Gasteiger partial charge in [-0.2, -0.15) is 4.80 Å². The minimum Gasteiger partial charge on any atom is -0.322 e. The maximum Gasteiger partial charge on any atom is 0.261 e. The Hall–Kier alpha value is -3.46. The van der Waals surface area contributed by atoms with E-state index in [0.717, 1.165) is 34.6 Å². The Morgan fingerprint density at radius 3 is 2.43 bits per heavy atom. The van der Waals surface area contributed by atoms with E-state index in [1.165, 1.54) is 15.7 Å². The largest absolute Gasteiger partial charge is 0.322 e. The molecule has 0 unspecified atom stereocenters. The van der Waals surface area contributed by atoms with Crippen LogP contribution in [0.5, 0.6) is 0 Å². The fourth-order valence-electron chi connectivity index (χ4n) is 3.07. The van der Waals surface area contributed by atoms with E-state index in [4.69, 9.17) is 0 Å². The van der Waals surface area contributed by atoms with Crippen LogP contribution < -0.4 is 5.32 Å². The number of amides is 1. The second kappa shape index (κ2) is 8.11. The van der Waals surface area contributed by atoms with Gasteiger partial charge in [-0.3, -0.25) is 4.79 Å². The van der Waals surface area contributed by atoms with Crippen LogP contribution in [-0.2, 0) is 13.5 Å². The van der Waals surface area contributed by atoms with Gasteiger partial charge >= 0.3 is 0 Å². The van der Waals surface area contributed by atoms with Crippen LogP contribution in [0.25, 0.3) is 21.8 Å². The van der Waals surface area contributed by atoms with Gasteiger partial charge in [0.05, 0.1) is 11.9 Å². The normalized spacial score (nSPS) is 10.9. The number of aromatic nitrogens is 4. The molecule has 0 radical (unpaired) electrons. The lowest BCUT2D eigenvalue weighted by atomic mass is 10.0. The molecule has 4 rings (SSSR count). The van der Waals surface area contributed by atoms with E-state index in [1.54, 1.807) is 30.5 Å². The summed E-state index contributed by atoms with van der Waals surface area (Å²) < 4.78 is 27.6. The fraction of sp³-hybridized carbons (Fsp3) is 0.143. The van der Waals surface area contributed by atoms with E-state index in [9.17, 15) is 13.6 Å². The van der Waals surface area contributed by atoms with Crippen molar-refractivity contribution < 1.29 is 13.6 Å². The highest BCUT2D eigenvalue weighted by atomic mass is 32.1. The van der Waals surface area contributed by atoms with Gasteiger partial charge in [0.2, 0.25) is 5.82 Å². The maximum absolute atomic E-state index is 13.8. The minimum absolute atomic E-state index is 0.440. The quantitative estimate of drug-likeness (QED) is 0.503. The van der Waals surface area contributed by atoms with Crippen molar-refractivity contribution in [1.29, 1.82) is 0 Å². The predicted molar refractivity (Wildman–Crippen MR) is 111 cm³/mol. The number of nitrogens with one attached hydrogen (secondary N) is 1. The van der Waals surface area contributed by atoms with Crippen molar-refractivity contribution in [3.8, 4) is 21.8 Å². The number of carbonyl (C=O) groups excluding carboxylic acids is 1. The second-order valence-corrected chi connectivity index (χ2v) is 7.67. The highest BCUT2D eigenvalue weighted by molar-refractivity contribution is 7.16. The Morgan fingerprint density at radius 1 is 1.13 bits per heavy atom. The van der Waals surface area contributed by atoms with Crippen molar-refractivity contribution in [2.24, 2.45) is 7.05 Å².